The quantitative estimate of drug-likeness (QED) is 0.849. The number of aromatic nitrogens is 1. The highest BCUT2D eigenvalue weighted by Crippen LogP contribution is 2.34. The summed E-state index contributed by atoms with van der Waals surface area (Å²) in [6.07, 6.45) is 2.00. The molecule has 0 atom stereocenters. The maximum Gasteiger partial charge on any atom is 0.207 e. The molecule has 106 valence electrons. The summed E-state index contributed by atoms with van der Waals surface area (Å²) in [7, 11) is 1.78. The summed E-state index contributed by atoms with van der Waals surface area (Å²) >= 11 is 1.67. The van der Waals surface area contributed by atoms with Gasteiger partial charge >= 0.3 is 0 Å². The van der Waals surface area contributed by atoms with Gasteiger partial charge < -0.3 is 19.1 Å². The smallest absolute Gasteiger partial charge is 0.207 e. The van der Waals surface area contributed by atoms with Crippen molar-refractivity contribution in [1.29, 1.82) is 0 Å². The number of ether oxygens (including phenoxy) is 3. The van der Waals surface area contributed by atoms with E-state index in [1.165, 1.54) is 12.8 Å². The summed E-state index contributed by atoms with van der Waals surface area (Å²) in [5.41, 5.74) is 0.900. The van der Waals surface area contributed by atoms with E-state index in [9.17, 15) is 0 Å². The minimum atomic E-state index is -0.258. The number of nitrogens with zero attached hydrogens (tertiary/aromatic N) is 2. The van der Waals surface area contributed by atoms with Gasteiger partial charge in [0.2, 0.25) is 6.29 Å². The Labute approximate surface area is 117 Å². The Morgan fingerprint density at radius 3 is 2.79 bits per heavy atom. The average Bonchev–Trinajstić information content (AvgIpc) is 2.85. The number of anilines is 1. The lowest BCUT2D eigenvalue weighted by atomic mass is 9.98. The molecule has 0 spiro atoms. The highest BCUT2D eigenvalue weighted by atomic mass is 32.1. The molecule has 2 saturated heterocycles. The molecule has 0 aliphatic carbocycles. The highest BCUT2D eigenvalue weighted by molar-refractivity contribution is 7.13. The highest BCUT2D eigenvalue weighted by Gasteiger charge is 2.31. The van der Waals surface area contributed by atoms with Gasteiger partial charge in [0.05, 0.1) is 0 Å². The Bertz CT molecular complexity index is 412. The lowest BCUT2D eigenvalue weighted by molar-refractivity contribution is -0.383. The first kappa shape index (κ1) is 13.3. The number of piperidine rings is 1. The molecule has 0 aromatic carbocycles. The van der Waals surface area contributed by atoms with Gasteiger partial charge in [-0.15, -0.1) is 11.3 Å². The third-order valence-corrected chi connectivity index (χ3v) is 4.59. The van der Waals surface area contributed by atoms with E-state index in [2.05, 4.69) is 9.88 Å². The minimum Gasteiger partial charge on any atom is -0.384 e. The van der Waals surface area contributed by atoms with Crippen LogP contribution in [0.5, 0.6) is 0 Å². The molecule has 2 aliphatic rings. The van der Waals surface area contributed by atoms with Gasteiger partial charge in [-0.05, 0) is 25.7 Å². The number of hydrogen-bond donors (Lipinski definition) is 0. The molecule has 0 amide bonds. The second-order valence-electron chi connectivity index (χ2n) is 5.11. The van der Waals surface area contributed by atoms with Crippen molar-refractivity contribution < 1.29 is 14.2 Å². The maximum absolute atomic E-state index is 5.46. The minimum absolute atomic E-state index is 0.0973. The van der Waals surface area contributed by atoms with Crippen LogP contribution in [0, 0.1) is 5.92 Å². The summed E-state index contributed by atoms with van der Waals surface area (Å²) in [6, 6.07) is 0. The van der Waals surface area contributed by atoms with Crippen LogP contribution in [0.3, 0.4) is 0 Å². The first-order valence-electron chi connectivity index (χ1n) is 6.76. The molecular formula is C13H20N2O3S. The summed E-state index contributed by atoms with van der Waals surface area (Å²) < 4.78 is 16.1. The van der Waals surface area contributed by atoms with E-state index in [0.717, 1.165) is 30.5 Å². The van der Waals surface area contributed by atoms with Crippen LogP contribution in [0.15, 0.2) is 5.38 Å². The molecule has 0 saturated carbocycles. The normalized spacial score (nSPS) is 28.4. The first-order valence-corrected chi connectivity index (χ1v) is 7.64. The predicted molar refractivity (Wildman–Crippen MR) is 73.3 cm³/mol. The van der Waals surface area contributed by atoms with Crippen LogP contribution in [0.25, 0.3) is 0 Å². The molecule has 3 heterocycles. The standard InChI is InChI=1S/C13H20N2O3S/c1-9-17-12(18-9)11-8-19-13(14-11)15-5-3-10(4-6-15)7-16-2/h8-10,12H,3-7H2,1-2H3. The molecule has 0 unspecified atom stereocenters. The molecule has 5 nitrogen and oxygen atoms in total. The predicted octanol–water partition coefficient (Wildman–Crippen LogP) is 2.40. The van der Waals surface area contributed by atoms with E-state index < -0.39 is 0 Å². The number of methoxy groups -OCH3 is 1. The second kappa shape index (κ2) is 5.75. The molecule has 2 aliphatic heterocycles. The average molecular weight is 284 g/mol. The van der Waals surface area contributed by atoms with E-state index in [0.29, 0.717) is 5.92 Å². The largest absolute Gasteiger partial charge is 0.384 e. The van der Waals surface area contributed by atoms with Crippen LogP contribution in [-0.2, 0) is 14.2 Å². The molecule has 0 bridgehead atoms. The van der Waals surface area contributed by atoms with E-state index >= 15 is 0 Å². The molecule has 2 fully saturated rings. The topological polar surface area (TPSA) is 43.8 Å². The Kier molecular flexibility index (Phi) is 4.02. The first-order chi connectivity index (χ1) is 9.26. The van der Waals surface area contributed by atoms with Crippen molar-refractivity contribution in [2.75, 3.05) is 31.7 Å². The Morgan fingerprint density at radius 1 is 1.42 bits per heavy atom. The summed E-state index contributed by atoms with van der Waals surface area (Å²) in [6.45, 7) is 4.89. The van der Waals surface area contributed by atoms with Crippen molar-refractivity contribution in [2.45, 2.75) is 32.3 Å². The zero-order valence-electron chi connectivity index (χ0n) is 11.4. The van der Waals surface area contributed by atoms with Gasteiger partial charge in [0, 0.05) is 32.2 Å². The molecule has 0 N–H and O–H groups in total. The Morgan fingerprint density at radius 2 is 2.16 bits per heavy atom. The molecule has 1 aromatic rings. The number of rotatable bonds is 4. The summed E-state index contributed by atoms with van der Waals surface area (Å²) in [5.74, 6) is 0.694. The third kappa shape index (κ3) is 2.91. The van der Waals surface area contributed by atoms with Gasteiger partial charge in [0.15, 0.2) is 11.4 Å². The van der Waals surface area contributed by atoms with Crippen LogP contribution in [0.4, 0.5) is 5.13 Å². The molecule has 1 aromatic heterocycles. The molecule has 0 radical (unpaired) electrons. The van der Waals surface area contributed by atoms with Crippen LogP contribution in [0.2, 0.25) is 0 Å². The fourth-order valence-corrected chi connectivity index (χ4v) is 3.43. The Balaban J connectivity index is 1.55. The zero-order chi connectivity index (χ0) is 13.2. The van der Waals surface area contributed by atoms with Gasteiger partial charge in [-0.1, -0.05) is 0 Å². The Hall–Kier alpha value is -0.690. The summed E-state index contributed by atoms with van der Waals surface area (Å²) in [5, 5.41) is 3.12. The second-order valence-corrected chi connectivity index (χ2v) is 5.95. The van der Waals surface area contributed by atoms with Crippen LogP contribution < -0.4 is 4.90 Å². The lowest BCUT2D eigenvalue weighted by Gasteiger charge is -2.33. The third-order valence-electron chi connectivity index (χ3n) is 3.67. The van der Waals surface area contributed by atoms with Crippen LogP contribution in [-0.4, -0.2) is 38.1 Å². The van der Waals surface area contributed by atoms with E-state index in [1.54, 1.807) is 18.4 Å². The van der Waals surface area contributed by atoms with Crippen molar-refractivity contribution >= 4 is 16.5 Å². The van der Waals surface area contributed by atoms with Gasteiger partial charge in [0.25, 0.3) is 0 Å². The van der Waals surface area contributed by atoms with E-state index in [-0.39, 0.29) is 12.6 Å². The van der Waals surface area contributed by atoms with E-state index in [1.807, 2.05) is 12.3 Å². The number of thiazole rings is 1. The summed E-state index contributed by atoms with van der Waals surface area (Å²) in [4.78, 5) is 6.97. The van der Waals surface area contributed by atoms with Gasteiger partial charge in [-0.3, -0.25) is 0 Å². The molecule has 19 heavy (non-hydrogen) atoms. The zero-order valence-corrected chi connectivity index (χ0v) is 12.2. The molecule has 6 heteroatoms. The van der Waals surface area contributed by atoms with Crippen molar-refractivity contribution in [2.24, 2.45) is 5.92 Å². The van der Waals surface area contributed by atoms with Crippen LogP contribution in [0.1, 0.15) is 31.7 Å². The lowest BCUT2D eigenvalue weighted by Crippen LogP contribution is -2.35. The van der Waals surface area contributed by atoms with Crippen molar-refractivity contribution in [1.82, 2.24) is 4.98 Å². The molecular weight excluding hydrogens is 264 g/mol. The number of hydrogen-bond acceptors (Lipinski definition) is 6. The van der Waals surface area contributed by atoms with Crippen molar-refractivity contribution in [3.63, 3.8) is 0 Å². The van der Waals surface area contributed by atoms with E-state index in [4.69, 9.17) is 14.2 Å². The molecule has 3 rings (SSSR count). The van der Waals surface area contributed by atoms with Crippen molar-refractivity contribution in [3.8, 4) is 0 Å². The van der Waals surface area contributed by atoms with Crippen molar-refractivity contribution in [3.05, 3.63) is 11.1 Å². The maximum atomic E-state index is 5.46. The fourth-order valence-electron chi connectivity index (χ4n) is 2.55. The fraction of sp³-hybridized carbons (Fsp3) is 0.769. The SMILES string of the molecule is COCC1CCN(c2nc(C3OC(C)O3)cs2)CC1. The van der Waals surface area contributed by atoms with Gasteiger partial charge in [0.1, 0.15) is 5.69 Å². The van der Waals surface area contributed by atoms with Gasteiger partial charge in [-0.25, -0.2) is 4.98 Å². The monoisotopic (exact) mass is 284 g/mol. The van der Waals surface area contributed by atoms with Gasteiger partial charge in [-0.2, -0.15) is 0 Å². The van der Waals surface area contributed by atoms with Crippen LogP contribution >= 0.6 is 11.3 Å².